The number of aromatic carboxylic acids is 1. The molecule has 0 spiro atoms. The van der Waals surface area contributed by atoms with E-state index in [2.05, 4.69) is 15.4 Å². The molecule has 0 aliphatic heterocycles. The summed E-state index contributed by atoms with van der Waals surface area (Å²) in [5.41, 5.74) is 0.222. The van der Waals surface area contributed by atoms with Gasteiger partial charge in [-0.2, -0.15) is 5.10 Å². The maximum absolute atomic E-state index is 10.8. The summed E-state index contributed by atoms with van der Waals surface area (Å²) >= 11 is 0. The van der Waals surface area contributed by atoms with Gasteiger partial charge in [0.1, 0.15) is 25.0 Å². The Labute approximate surface area is 122 Å². The van der Waals surface area contributed by atoms with E-state index in [4.69, 9.17) is 9.84 Å². The van der Waals surface area contributed by atoms with Crippen LogP contribution in [0.15, 0.2) is 36.9 Å². The van der Waals surface area contributed by atoms with Gasteiger partial charge in [-0.05, 0) is 25.1 Å². The Hall–Kier alpha value is -2.41. The van der Waals surface area contributed by atoms with Crippen molar-refractivity contribution >= 4 is 5.97 Å². The van der Waals surface area contributed by atoms with Crippen LogP contribution in [0, 0.1) is 0 Å². The van der Waals surface area contributed by atoms with Crippen molar-refractivity contribution in [2.45, 2.75) is 19.5 Å². The summed E-state index contributed by atoms with van der Waals surface area (Å²) in [7, 11) is 0. The number of benzene rings is 1. The van der Waals surface area contributed by atoms with Crippen LogP contribution in [0.2, 0.25) is 0 Å². The quantitative estimate of drug-likeness (QED) is 0.706. The van der Waals surface area contributed by atoms with E-state index in [-0.39, 0.29) is 11.6 Å². The minimum atomic E-state index is -0.958. The van der Waals surface area contributed by atoms with E-state index in [0.29, 0.717) is 18.9 Å². The molecule has 0 amide bonds. The Morgan fingerprint density at radius 1 is 1.52 bits per heavy atom. The molecule has 2 N–H and O–H groups in total. The van der Waals surface area contributed by atoms with Crippen molar-refractivity contribution in [1.82, 2.24) is 20.1 Å². The third kappa shape index (κ3) is 4.88. The molecule has 0 bridgehead atoms. The van der Waals surface area contributed by atoms with Crippen molar-refractivity contribution in [1.29, 1.82) is 0 Å². The molecular formula is C14H18N4O3. The summed E-state index contributed by atoms with van der Waals surface area (Å²) in [6.45, 7) is 3.90. The predicted octanol–water partition coefficient (Wildman–Crippen LogP) is 1.03. The highest BCUT2D eigenvalue weighted by Crippen LogP contribution is 2.12. The Balaban J connectivity index is 1.69. The van der Waals surface area contributed by atoms with E-state index >= 15 is 0 Å². The molecule has 0 unspecified atom stereocenters. The number of nitrogens with one attached hydrogen (secondary N) is 1. The third-order valence-electron chi connectivity index (χ3n) is 2.87. The topological polar surface area (TPSA) is 89.3 Å². The molecule has 1 aromatic heterocycles. The Morgan fingerprint density at radius 3 is 3.10 bits per heavy atom. The molecule has 0 aliphatic carbocycles. The fraction of sp³-hybridized carbons (Fsp3) is 0.357. The van der Waals surface area contributed by atoms with E-state index in [1.807, 2.05) is 6.92 Å². The number of carbonyl (C=O) groups is 1. The minimum Gasteiger partial charge on any atom is -0.492 e. The van der Waals surface area contributed by atoms with Crippen molar-refractivity contribution in [3.8, 4) is 5.75 Å². The zero-order valence-corrected chi connectivity index (χ0v) is 11.8. The maximum Gasteiger partial charge on any atom is 0.335 e. The van der Waals surface area contributed by atoms with Gasteiger partial charge in [-0.3, -0.25) is 4.68 Å². The Morgan fingerprint density at radius 2 is 2.38 bits per heavy atom. The van der Waals surface area contributed by atoms with Gasteiger partial charge in [-0.15, -0.1) is 0 Å². The van der Waals surface area contributed by atoms with E-state index in [9.17, 15) is 4.79 Å². The Kier molecular flexibility index (Phi) is 5.28. The van der Waals surface area contributed by atoms with Crippen LogP contribution in [0.3, 0.4) is 0 Å². The molecule has 0 saturated carbocycles. The van der Waals surface area contributed by atoms with Gasteiger partial charge in [0.05, 0.1) is 12.1 Å². The number of aromatic nitrogens is 3. The second-order valence-corrected chi connectivity index (χ2v) is 4.65. The number of rotatable bonds is 8. The van der Waals surface area contributed by atoms with Crippen LogP contribution >= 0.6 is 0 Å². The number of nitrogens with zero attached hydrogens (tertiary/aromatic N) is 3. The lowest BCUT2D eigenvalue weighted by atomic mass is 10.2. The highest BCUT2D eigenvalue weighted by molar-refractivity contribution is 5.87. The molecule has 7 heteroatoms. The summed E-state index contributed by atoms with van der Waals surface area (Å²) < 4.78 is 7.28. The van der Waals surface area contributed by atoms with E-state index < -0.39 is 5.97 Å². The summed E-state index contributed by atoms with van der Waals surface area (Å²) in [5, 5.41) is 16.2. The predicted molar refractivity (Wildman–Crippen MR) is 76.4 cm³/mol. The number of carboxylic acids is 1. The summed E-state index contributed by atoms with van der Waals surface area (Å²) in [4.78, 5) is 14.7. The first-order chi connectivity index (χ1) is 10.1. The van der Waals surface area contributed by atoms with E-state index in [0.717, 1.165) is 6.54 Å². The van der Waals surface area contributed by atoms with Gasteiger partial charge in [0, 0.05) is 12.6 Å². The lowest BCUT2D eigenvalue weighted by Crippen LogP contribution is -2.33. The zero-order chi connectivity index (χ0) is 15.1. The van der Waals surface area contributed by atoms with Gasteiger partial charge in [0.2, 0.25) is 0 Å². The van der Waals surface area contributed by atoms with Gasteiger partial charge < -0.3 is 15.2 Å². The minimum absolute atomic E-state index is 0.222. The molecular weight excluding hydrogens is 272 g/mol. The molecule has 0 radical (unpaired) electrons. The van der Waals surface area contributed by atoms with Crippen molar-refractivity contribution in [3.63, 3.8) is 0 Å². The molecule has 2 aromatic rings. The van der Waals surface area contributed by atoms with Gasteiger partial charge in [0.25, 0.3) is 0 Å². The van der Waals surface area contributed by atoms with Crippen molar-refractivity contribution in [2.75, 3.05) is 13.2 Å². The van der Waals surface area contributed by atoms with Crippen molar-refractivity contribution < 1.29 is 14.6 Å². The van der Waals surface area contributed by atoms with Crippen LogP contribution in [-0.2, 0) is 6.54 Å². The molecule has 1 heterocycles. The normalized spacial score (nSPS) is 12.0. The zero-order valence-electron chi connectivity index (χ0n) is 11.8. The highest BCUT2D eigenvalue weighted by Gasteiger charge is 2.05. The van der Waals surface area contributed by atoms with Crippen molar-refractivity contribution in [2.24, 2.45) is 0 Å². The number of hydrogen-bond acceptors (Lipinski definition) is 5. The van der Waals surface area contributed by atoms with E-state index in [1.165, 1.54) is 18.5 Å². The molecule has 112 valence electrons. The fourth-order valence-corrected chi connectivity index (χ4v) is 1.87. The lowest BCUT2D eigenvalue weighted by Gasteiger charge is -2.14. The molecule has 0 aliphatic rings. The summed E-state index contributed by atoms with van der Waals surface area (Å²) in [6.07, 6.45) is 3.18. The SMILES string of the molecule is C[C@@H](Cn1cncn1)NCCOc1cccc(C(=O)O)c1. The first-order valence-corrected chi connectivity index (χ1v) is 6.67. The molecule has 1 atom stereocenters. The molecule has 1 aromatic carbocycles. The van der Waals surface area contributed by atoms with Gasteiger partial charge >= 0.3 is 5.97 Å². The average Bonchev–Trinajstić information content (AvgIpc) is 2.97. The molecule has 0 fully saturated rings. The fourth-order valence-electron chi connectivity index (χ4n) is 1.87. The van der Waals surface area contributed by atoms with E-state index in [1.54, 1.807) is 23.1 Å². The first-order valence-electron chi connectivity index (χ1n) is 6.67. The van der Waals surface area contributed by atoms with Crippen LogP contribution in [-0.4, -0.2) is 45.0 Å². The van der Waals surface area contributed by atoms with Crippen LogP contribution in [0.25, 0.3) is 0 Å². The maximum atomic E-state index is 10.8. The highest BCUT2D eigenvalue weighted by atomic mass is 16.5. The summed E-state index contributed by atoms with van der Waals surface area (Å²) in [5.74, 6) is -0.402. The van der Waals surface area contributed by atoms with Gasteiger partial charge in [-0.25, -0.2) is 9.78 Å². The number of hydrogen-bond donors (Lipinski definition) is 2. The lowest BCUT2D eigenvalue weighted by molar-refractivity contribution is 0.0696. The molecule has 7 nitrogen and oxygen atoms in total. The standard InChI is InChI=1S/C14H18N4O3/c1-11(8-18-10-15-9-17-18)16-5-6-21-13-4-2-3-12(7-13)14(19)20/h2-4,7,9-11,16H,5-6,8H2,1H3,(H,19,20)/t11-/m0/s1. The van der Waals surface area contributed by atoms with Crippen LogP contribution in [0.5, 0.6) is 5.75 Å². The number of ether oxygens (including phenoxy) is 1. The van der Waals surface area contributed by atoms with Crippen molar-refractivity contribution in [3.05, 3.63) is 42.5 Å². The molecule has 2 rings (SSSR count). The van der Waals surface area contributed by atoms with Crippen LogP contribution in [0.4, 0.5) is 0 Å². The average molecular weight is 290 g/mol. The second-order valence-electron chi connectivity index (χ2n) is 4.65. The summed E-state index contributed by atoms with van der Waals surface area (Å²) in [6, 6.07) is 6.69. The Bertz CT molecular complexity index is 571. The van der Waals surface area contributed by atoms with Gasteiger partial charge in [0.15, 0.2) is 0 Å². The largest absolute Gasteiger partial charge is 0.492 e. The van der Waals surface area contributed by atoms with Gasteiger partial charge in [-0.1, -0.05) is 6.07 Å². The van der Waals surface area contributed by atoms with Crippen LogP contribution < -0.4 is 10.1 Å². The monoisotopic (exact) mass is 290 g/mol. The molecule has 21 heavy (non-hydrogen) atoms. The molecule has 0 saturated heterocycles. The van der Waals surface area contributed by atoms with Crippen LogP contribution in [0.1, 0.15) is 17.3 Å². The first kappa shape index (κ1) is 15.0. The third-order valence-corrected chi connectivity index (χ3v) is 2.87. The smallest absolute Gasteiger partial charge is 0.335 e. The number of carboxylic acid groups (broad SMARTS) is 1. The second kappa shape index (κ2) is 7.39.